The van der Waals surface area contributed by atoms with E-state index in [-0.39, 0.29) is 6.04 Å². The molecule has 0 aliphatic carbocycles. The van der Waals surface area contributed by atoms with Crippen molar-refractivity contribution in [2.75, 3.05) is 0 Å². The van der Waals surface area contributed by atoms with Crippen LogP contribution in [0.3, 0.4) is 0 Å². The van der Waals surface area contributed by atoms with Crippen LogP contribution in [0, 0.1) is 0 Å². The molecule has 2 aromatic rings. The lowest BCUT2D eigenvalue weighted by atomic mass is 10.1. The number of halogens is 1. The number of hydrogen-bond donors (Lipinski definition) is 1. The first-order valence-corrected chi connectivity index (χ1v) is 6.98. The summed E-state index contributed by atoms with van der Waals surface area (Å²) in [5.41, 5.74) is 1.34. The summed E-state index contributed by atoms with van der Waals surface area (Å²) < 4.78 is 6.51. The molecule has 2 atom stereocenters. The number of furan rings is 1. The number of benzene rings is 1. The van der Waals surface area contributed by atoms with Gasteiger partial charge in [-0.2, -0.15) is 0 Å². The second kappa shape index (κ2) is 6.21. The van der Waals surface area contributed by atoms with E-state index in [1.165, 1.54) is 5.56 Å². The van der Waals surface area contributed by atoms with Crippen LogP contribution < -0.4 is 5.32 Å². The Labute approximate surface area is 117 Å². The molecule has 2 rings (SSSR count). The van der Waals surface area contributed by atoms with Crippen LogP contribution in [0.2, 0.25) is 0 Å². The molecule has 0 saturated carbocycles. The van der Waals surface area contributed by atoms with E-state index < -0.39 is 0 Å². The average Bonchev–Trinajstić information content (AvgIpc) is 2.85. The second-order valence-corrected chi connectivity index (χ2v) is 5.55. The quantitative estimate of drug-likeness (QED) is 0.889. The third-order valence-corrected chi connectivity index (χ3v) is 3.49. The molecule has 2 nitrogen and oxygen atoms in total. The van der Waals surface area contributed by atoms with Gasteiger partial charge in [-0.05, 0) is 50.1 Å². The lowest BCUT2D eigenvalue weighted by Crippen LogP contribution is -2.30. The van der Waals surface area contributed by atoms with Crippen molar-refractivity contribution in [3.8, 4) is 0 Å². The largest absolute Gasteiger partial charge is 0.468 e. The highest BCUT2D eigenvalue weighted by atomic mass is 79.9. The molecule has 0 amide bonds. The first kappa shape index (κ1) is 13.4. The Morgan fingerprint density at radius 3 is 2.50 bits per heavy atom. The molecule has 1 N–H and O–H groups in total. The van der Waals surface area contributed by atoms with E-state index in [2.05, 4.69) is 59.4 Å². The fourth-order valence-electron chi connectivity index (χ4n) is 2.08. The molecule has 0 aliphatic heterocycles. The van der Waals surface area contributed by atoms with Crippen LogP contribution in [0.25, 0.3) is 0 Å². The van der Waals surface area contributed by atoms with Crippen LogP contribution in [0.1, 0.15) is 31.2 Å². The highest BCUT2D eigenvalue weighted by Crippen LogP contribution is 2.15. The molecule has 0 spiro atoms. The Balaban J connectivity index is 1.88. The van der Waals surface area contributed by atoms with Gasteiger partial charge in [-0.1, -0.05) is 28.1 Å². The van der Waals surface area contributed by atoms with Crippen molar-refractivity contribution in [2.24, 2.45) is 0 Å². The van der Waals surface area contributed by atoms with Gasteiger partial charge in [0, 0.05) is 10.5 Å². The van der Waals surface area contributed by atoms with Gasteiger partial charge in [0.05, 0.1) is 12.3 Å². The molecular weight excluding hydrogens is 290 g/mol. The van der Waals surface area contributed by atoms with E-state index in [1.807, 2.05) is 12.1 Å². The van der Waals surface area contributed by atoms with Crippen molar-refractivity contribution in [2.45, 2.75) is 32.4 Å². The summed E-state index contributed by atoms with van der Waals surface area (Å²) in [6.07, 6.45) is 2.73. The van der Waals surface area contributed by atoms with Gasteiger partial charge in [0.25, 0.3) is 0 Å². The predicted molar refractivity (Wildman–Crippen MR) is 77.6 cm³/mol. The zero-order chi connectivity index (χ0) is 13.0. The summed E-state index contributed by atoms with van der Waals surface area (Å²) in [6, 6.07) is 13.0. The molecule has 3 heteroatoms. The van der Waals surface area contributed by atoms with Gasteiger partial charge in [-0.3, -0.25) is 0 Å². The first-order valence-electron chi connectivity index (χ1n) is 6.19. The summed E-state index contributed by atoms with van der Waals surface area (Å²) in [4.78, 5) is 0. The zero-order valence-electron chi connectivity index (χ0n) is 10.7. The molecule has 1 aromatic carbocycles. The van der Waals surface area contributed by atoms with Crippen LogP contribution in [0.15, 0.2) is 51.6 Å². The SMILES string of the molecule is CC(Cc1ccc(Br)cc1)N[C@H](C)c1ccco1. The molecule has 1 aromatic heterocycles. The number of rotatable bonds is 5. The Morgan fingerprint density at radius 2 is 1.89 bits per heavy atom. The average molecular weight is 308 g/mol. The van der Waals surface area contributed by atoms with E-state index in [9.17, 15) is 0 Å². The minimum Gasteiger partial charge on any atom is -0.468 e. The van der Waals surface area contributed by atoms with Crippen molar-refractivity contribution in [1.82, 2.24) is 5.32 Å². The smallest absolute Gasteiger partial charge is 0.120 e. The van der Waals surface area contributed by atoms with E-state index in [0.717, 1.165) is 16.7 Å². The van der Waals surface area contributed by atoms with Crippen LogP contribution in [0.4, 0.5) is 0 Å². The minimum atomic E-state index is 0.241. The van der Waals surface area contributed by atoms with Gasteiger partial charge in [0.2, 0.25) is 0 Å². The van der Waals surface area contributed by atoms with Crippen LogP contribution in [-0.4, -0.2) is 6.04 Å². The Kier molecular flexibility index (Phi) is 4.61. The molecule has 0 bridgehead atoms. The Bertz CT molecular complexity index is 464. The molecule has 0 fully saturated rings. The molecule has 0 saturated heterocycles. The zero-order valence-corrected chi connectivity index (χ0v) is 12.3. The van der Waals surface area contributed by atoms with Crippen molar-refractivity contribution in [3.63, 3.8) is 0 Å². The van der Waals surface area contributed by atoms with E-state index in [4.69, 9.17) is 4.42 Å². The Hall–Kier alpha value is -1.06. The maximum atomic E-state index is 5.39. The van der Waals surface area contributed by atoms with Gasteiger partial charge in [0.15, 0.2) is 0 Å². The standard InChI is InChI=1S/C15H18BrNO/c1-11(10-13-5-7-14(16)8-6-13)17-12(2)15-4-3-9-18-15/h3-9,11-12,17H,10H2,1-2H3/t11?,12-/m1/s1. The van der Waals surface area contributed by atoms with Crippen molar-refractivity contribution < 1.29 is 4.42 Å². The third-order valence-electron chi connectivity index (χ3n) is 2.96. The lowest BCUT2D eigenvalue weighted by molar-refractivity contribution is 0.397. The van der Waals surface area contributed by atoms with Gasteiger partial charge in [-0.25, -0.2) is 0 Å². The fourth-order valence-corrected chi connectivity index (χ4v) is 2.34. The van der Waals surface area contributed by atoms with Gasteiger partial charge in [-0.15, -0.1) is 0 Å². The minimum absolute atomic E-state index is 0.241. The topological polar surface area (TPSA) is 25.2 Å². The molecular formula is C15H18BrNO. The summed E-state index contributed by atoms with van der Waals surface area (Å²) in [6.45, 7) is 4.32. The van der Waals surface area contributed by atoms with Crippen LogP contribution >= 0.6 is 15.9 Å². The second-order valence-electron chi connectivity index (χ2n) is 4.64. The van der Waals surface area contributed by atoms with Gasteiger partial charge in [0.1, 0.15) is 5.76 Å². The highest BCUT2D eigenvalue weighted by molar-refractivity contribution is 9.10. The lowest BCUT2D eigenvalue weighted by Gasteiger charge is -2.18. The molecule has 1 heterocycles. The summed E-state index contributed by atoms with van der Waals surface area (Å²) in [7, 11) is 0. The highest BCUT2D eigenvalue weighted by Gasteiger charge is 2.11. The molecule has 0 aliphatic rings. The molecule has 96 valence electrons. The van der Waals surface area contributed by atoms with Crippen molar-refractivity contribution >= 4 is 15.9 Å². The normalized spacial score (nSPS) is 14.4. The predicted octanol–water partition coefficient (Wildman–Crippen LogP) is 4.32. The summed E-state index contributed by atoms with van der Waals surface area (Å²) in [5, 5.41) is 3.54. The van der Waals surface area contributed by atoms with Crippen LogP contribution in [-0.2, 0) is 6.42 Å². The van der Waals surface area contributed by atoms with Crippen molar-refractivity contribution in [1.29, 1.82) is 0 Å². The summed E-state index contributed by atoms with van der Waals surface area (Å²) >= 11 is 3.45. The maximum absolute atomic E-state index is 5.39. The first-order chi connectivity index (χ1) is 8.65. The maximum Gasteiger partial charge on any atom is 0.120 e. The monoisotopic (exact) mass is 307 g/mol. The van der Waals surface area contributed by atoms with E-state index in [0.29, 0.717) is 6.04 Å². The fraction of sp³-hybridized carbons (Fsp3) is 0.333. The van der Waals surface area contributed by atoms with Gasteiger partial charge >= 0.3 is 0 Å². The Morgan fingerprint density at radius 1 is 1.17 bits per heavy atom. The molecule has 0 radical (unpaired) electrons. The van der Waals surface area contributed by atoms with Crippen molar-refractivity contribution in [3.05, 3.63) is 58.5 Å². The van der Waals surface area contributed by atoms with Crippen LogP contribution in [0.5, 0.6) is 0 Å². The number of hydrogen-bond acceptors (Lipinski definition) is 2. The van der Waals surface area contributed by atoms with E-state index >= 15 is 0 Å². The van der Waals surface area contributed by atoms with Gasteiger partial charge < -0.3 is 9.73 Å². The molecule has 1 unspecified atom stereocenters. The molecule has 18 heavy (non-hydrogen) atoms. The van der Waals surface area contributed by atoms with E-state index in [1.54, 1.807) is 6.26 Å². The number of nitrogens with one attached hydrogen (secondary N) is 1. The summed E-state index contributed by atoms with van der Waals surface area (Å²) in [5.74, 6) is 0.984. The third kappa shape index (κ3) is 3.72.